The van der Waals surface area contributed by atoms with E-state index in [0.29, 0.717) is 31.7 Å². The van der Waals surface area contributed by atoms with Gasteiger partial charge < -0.3 is 30.4 Å². The van der Waals surface area contributed by atoms with Gasteiger partial charge in [-0.05, 0) is 55.0 Å². The number of imidazole rings is 1. The molecule has 3 heterocycles. The molecule has 2 aromatic carbocycles. The van der Waals surface area contributed by atoms with Gasteiger partial charge in [0, 0.05) is 70.0 Å². The van der Waals surface area contributed by atoms with Crippen LogP contribution in [0.1, 0.15) is 53.5 Å². The first-order valence-corrected chi connectivity index (χ1v) is 15.4. The smallest absolute Gasteiger partial charge is 0.269 e. The summed E-state index contributed by atoms with van der Waals surface area (Å²) in [6, 6.07) is 19.5. The minimum absolute atomic E-state index is 0.0926. The molecule has 10 heteroatoms. The van der Waals surface area contributed by atoms with Crippen molar-refractivity contribution in [3.63, 3.8) is 0 Å². The van der Waals surface area contributed by atoms with E-state index in [1.165, 1.54) is 0 Å². The van der Waals surface area contributed by atoms with Crippen LogP contribution in [-0.2, 0) is 22.5 Å². The molecule has 2 unspecified atom stereocenters. The van der Waals surface area contributed by atoms with Gasteiger partial charge in [-0.2, -0.15) is 0 Å². The highest BCUT2D eigenvalue weighted by Gasteiger charge is 2.29. The van der Waals surface area contributed by atoms with Crippen molar-refractivity contribution in [2.45, 2.75) is 50.6 Å². The first-order valence-electron chi connectivity index (χ1n) is 15.4. The third-order valence-electron chi connectivity index (χ3n) is 8.17. The van der Waals surface area contributed by atoms with Crippen molar-refractivity contribution < 1.29 is 19.4 Å². The molecule has 4 aromatic rings. The zero-order valence-corrected chi connectivity index (χ0v) is 25.3. The van der Waals surface area contributed by atoms with Crippen LogP contribution in [0.3, 0.4) is 0 Å². The highest BCUT2D eigenvalue weighted by Crippen LogP contribution is 2.30. The minimum Gasteiger partial charge on any atom is -0.395 e. The molecule has 1 saturated heterocycles. The molecule has 2 amide bonds. The molecule has 0 spiro atoms. The van der Waals surface area contributed by atoms with Gasteiger partial charge in [-0.25, -0.2) is 4.98 Å². The van der Waals surface area contributed by atoms with E-state index in [0.717, 1.165) is 65.9 Å². The number of likely N-dealkylation sites (tertiary alicyclic amines) is 1. The number of hydrogen-bond acceptors (Lipinski definition) is 7. The molecule has 44 heavy (non-hydrogen) atoms. The van der Waals surface area contributed by atoms with Crippen molar-refractivity contribution in [3.8, 4) is 11.1 Å². The molecule has 0 radical (unpaired) electrons. The van der Waals surface area contributed by atoms with E-state index in [1.807, 2.05) is 47.4 Å². The molecule has 2 aromatic heterocycles. The van der Waals surface area contributed by atoms with E-state index >= 15 is 0 Å². The van der Waals surface area contributed by atoms with Gasteiger partial charge in [0.1, 0.15) is 11.5 Å². The first-order chi connectivity index (χ1) is 21.5. The summed E-state index contributed by atoms with van der Waals surface area (Å²) in [6.07, 6.45) is 5.41. The van der Waals surface area contributed by atoms with Crippen LogP contribution in [0.25, 0.3) is 22.2 Å². The fourth-order valence-corrected chi connectivity index (χ4v) is 5.94. The highest BCUT2D eigenvalue weighted by atomic mass is 16.5. The summed E-state index contributed by atoms with van der Waals surface area (Å²) in [5.74, 6) is 1.02. The summed E-state index contributed by atoms with van der Waals surface area (Å²) in [5, 5.41) is 11.5. The number of piperidine rings is 1. The van der Waals surface area contributed by atoms with Gasteiger partial charge in [-0.3, -0.25) is 14.6 Å². The Kier molecular flexibility index (Phi) is 10.7. The number of methoxy groups -OCH3 is 1. The summed E-state index contributed by atoms with van der Waals surface area (Å²) in [7, 11) is 1.72. The number of rotatable bonds is 13. The van der Waals surface area contributed by atoms with Crippen molar-refractivity contribution in [2.24, 2.45) is 5.73 Å². The van der Waals surface area contributed by atoms with Crippen molar-refractivity contribution in [3.05, 3.63) is 83.9 Å². The van der Waals surface area contributed by atoms with Crippen LogP contribution in [0.15, 0.2) is 66.9 Å². The molecule has 1 aliphatic heterocycles. The SMILES string of the molecule is COCCCn1c(C2CCCN(C(=O)CC(N)Cc3ccc(-c4ccc(C(=O)NCCO)nc4)cc3)C2)nc2ccccc21. The third-order valence-corrected chi connectivity index (χ3v) is 8.17. The number of benzene rings is 2. The second-order valence-electron chi connectivity index (χ2n) is 11.4. The lowest BCUT2D eigenvalue weighted by Gasteiger charge is -2.33. The Morgan fingerprint density at radius 3 is 2.66 bits per heavy atom. The van der Waals surface area contributed by atoms with Crippen molar-refractivity contribution in [2.75, 3.05) is 40.0 Å². The van der Waals surface area contributed by atoms with Crippen molar-refractivity contribution >= 4 is 22.8 Å². The second kappa shape index (κ2) is 15.1. The average Bonchev–Trinajstić information content (AvgIpc) is 3.43. The summed E-state index contributed by atoms with van der Waals surface area (Å²) in [6.45, 7) is 3.00. The molecule has 2 atom stereocenters. The lowest BCUT2D eigenvalue weighted by atomic mass is 9.95. The molecule has 0 saturated carbocycles. The summed E-state index contributed by atoms with van der Waals surface area (Å²) in [5.41, 5.74) is 11.8. The Hall–Kier alpha value is -4.12. The van der Waals surface area contributed by atoms with Gasteiger partial charge in [-0.15, -0.1) is 0 Å². The first kappa shape index (κ1) is 31.3. The van der Waals surface area contributed by atoms with E-state index in [1.54, 1.807) is 19.4 Å². The van der Waals surface area contributed by atoms with Gasteiger partial charge in [0.2, 0.25) is 5.91 Å². The molecule has 0 bridgehead atoms. The number of nitrogens with one attached hydrogen (secondary N) is 1. The zero-order valence-electron chi connectivity index (χ0n) is 25.3. The Labute approximate surface area is 258 Å². The lowest BCUT2D eigenvalue weighted by Crippen LogP contribution is -2.42. The lowest BCUT2D eigenvalue weighted by molar-refractivity contribution is -0.132. The number of nitrogens with zero attached hydrogens (tertiary/aromatic N) is 4. The average molecular weight is 599 g/mol. The van der Waals surface area contributed by atoms with Crippen molar-refractivity contribution in [1.29, 1.82) is 0 Å². The van der Waals surface area contributed by atoms with Gasteiger partial charge in [0.15, 0.2) is 0 Å². The normalized spacial score (nSPS) is 15.8. The van der Waals surface area contributed by atoms with Crippen LogP contribution in [0.2, 0.25) is 0 Å². The number of fused-ring (bicyclic) bond motifs is 1. The molecule has 1 fully saturated rings. The predicted octanol–water partition coefficient (Wildman–Crippen LogP) is 3.52. The fraction of sp³-hybridized carbons (Fsp3) is 0.412. The van der Waals surface area contributed by atoms with E-state index in [9.17, 15) is 9.59 Å². The Bertz CT molecular complexity index is 1540. The molecule has 0 aliphatic carbocycles. The maximum absolute atomic E-state index is 13.4. The molecule has 232 valence electrons. The van der Waals surface area contributed by atoms with E-state index in [-0.39, 0.29) is 36.9 Å². The maximum atomic E-state index is 13.4. The summed E-state index contributed by atoms with van der Waals surface area (Å²) < 4.78 is 7.60. The van der Waals surface area contributed by atoms with Crippen LogP contribution < -0.4 is 11.1 Å². The van der Waals surface area contributed by atoms with Crippen LogP contribution in [-0.4, -0.2) is 82.4 Å². The Morgan fingerprint density at radius 2 is 1.91 bits per heavy atom. The largest absolute Gasteiger partial charge is 0.395 e. The third kappa shape index (κ3) is 7.68. The number of aliphatic hydroxyl groups excluding tert-OH is 1. The van der Waals surface area contributed by atoms with Crippen molar-refractivity contribution in [1.82, 2.24) is 24.8 Å². The monoisotopic (exact) mass is 598 g/mol. The second-order valence-corrected chi connectivity index (χ2v) is 11.4. The number of amides is 2. The predicted molar refractivity (Wildman–Crippen MR) is 170 cm³/mol. The van der Waals surface area contributed by atoms with Gasteiger partial charge in [0.05, 0.1) is 17.6 Å². The van der Waals surface area contributed by atoms with E-state index in [2.05, 4.69) is 27.0 Å². The molecule has 1 aliphatic rings. The van der Waals surface area contributed by atoms with Gasteiger partial charge in [0.25, 0.3) is 5.91 Å². The summed E-state index contributed by atoms with van der Waals surface area (Å²) in [4.78, 5) is 36.6. The van der Waals surface area contributed by atoms with Gasteiger partial charge in [-0.1, -0.05) is 42.5 Å². The molecular weight excluding hydrogens is 556 g/mol. The van der Waals surface area contributed by atoms with E-state index < -0.39 is 0 Å². The number of ether oxygens (including phenoxy) is 1. The Morgan fingerprint density at radius 1 is 1.11 bits per heavy atom. The zero-order chi connectivity index (χ0) is 30.9. The molecule has 5 rings (SSSR count). The van der Waals surface area contributed by atoms with Crippen LogP contribution in [0.4, 0.5) is 0 Å². The topological polar surface area (TPSA) is 136 Å². The number of aryl methyl sites for hydroxylation is 1. The number of carbonyl (C=O) groups excluding carboxylic acids is 2. The number of carbonyl (C=O) groups is 2. The fourth-order valence-electron chi connectivity index (χ4n) is 5.94. The molecular formula is C34H42N6O4. The Balaban J connectivity index is 1.17. The number of nitrogens with two attached hydrogens (primary N) is 1. The maximum Gasteiger partial charge on any atom is 0.269 e. The number of aromatic nitrogens is 3. The number of hydrogen-bond donors (Lipinski definition) is 3. The number of aliphatic hydroxyl groups is 1. The number of pyridine rings is 1. The minimum atomic E-state index is -0.317. The standard InChI is InChI=1S/C34H42N6O4/c1-44-19-5-17-40-31-8-3-2-7-29(31)38-33(40)27-6-4-16-39(23-27)32(42)21-28(35)20-24-9-11-25(12-10-24)26-13-14-30(37-22-26)34(43)36-15-18-41/h2-3,7-14,22,27-28,41H,4-6,15-21,23,35H2,1H3,(H,36,43). The van der Waals surface area contributed by atoms with Crippen LogP contribution in [0, 0.1) is 0 Å². The van der Waals surface area contributed by atoms with E-state index in [4.69, 9.17) is 20.6 Å². The quantitative estimate of drug-likeness (QED) is 0.200. The van der Waals surface area contributed by atoms with Gasteiger partial charge >= 0.3 is 0 Å². The summed E-state index contributed by atoms with van der Waals surface area (Å²) >= 11 is 0. The molecule has 10 nitrogen and oxygen atoms in total. The molecule has 4 N–H and O–H groups in total. The number of para-hydroxylation sites is 2. The van der Waals surface area contributed by atoms with Crippen LogP contribution >= 0.6 is 0 Å². The highest BCUT2D eigenvalue weighted by molar-refractivity contribution is 5.92. The van der Waals surface area contributed by atoms with Crippen LogP contribution in [0.5, 0.6) is 0 Å².